The van der Waals surface area contributed by atoms with Crippen LogP contribution in [0.15, 0.2) is 0 Å². The summed E-state index contributed by atoms with van der Waals surface area (Å²) in [5.41, 5.74) is 0. The fourth-order valence-corrected chi connectivity index (χ4v) is 0.732. The van der Waals surface area contributed by atoms with E-state index in [2.05, 4.69) is 57.0 Å². The summed E-state index contributed by atoms with van der Waals surface area (Å²) >= 11 is 4.51. The molecule has 0 unspecified atom stereocenters. The third kappa shape index (κ3) is 5.02. The molecule has 6 heavy (non-hydrogen) atoms. The second kappa shape index (κ2) is 4.19. The number of halogens is 2. The van der Waals surface area contributed by atoms with E-state index >= 15 is 0 Å². The van der Waals surface area contributed by atoms with Crippen molar-refractivity contribution in [1.82, 2.24) is 0 Å². The number of rotatable bonds is 0. The molecular weight excluding hydrogens is 302 g/mol. The lowest BCUT2D eigenvalue weighted by atomic mass is 10.7. The molecule has 34 valence electrons. The monoisotopic (exact) mass is 306 g/mol. The second-order valence-electron chi connectivity index (χ2n) is 0.695. The van der Waals surface area contributed by atoms with Crippen LogP contribution in [0.2, 0.25) is 0 Å². The van der Waals surface area contributed by atoms with Crippen LogP contribution in [-0.4, -0.2) is 1.93 Å². The average molecular weight is 306 g/mol. The molecule has 0 amide bonds. The van der Waals surface area contributed by atoms with E-state index in [9.17, 15) is 0 Å². The summed E-state index contributed by atoms with van der Waals surface area (Å²) in [6, 6.07) is 0. The van der Waals surface area contributed by atoms with Crippen LogP contribution in [0.4, 0.5) is 0 Å². The van der Waals surface area contributed by atoms with E-state index in [1.807, 2.05) is 6.92 Å². The van der Waals surface area contributed by atoms with Crippen LogP contribution in [0.1, 0.15) is 6.92 Å². The van der Waals surface area contributed by atoms with Gasteiger partial charge in [0.1, 0.15) is 1.93 Å². The van der Waals surface area contributed by atoms with Crippen LogP contribution in [-0.2, 0) is 0 Å². The average Bonchev–Trinajstić information content (AvgIpc) is 1.35. The summed E-state index contributed by atoms with van der Waals surface area (Å²) in [5.74, 6) is 5.73. The number of alkyl halides is 2. The van der Waals surface area contributed by atoms with Gasteiger partial charge in [-0.1, -0.05) is 51.1 Å². The number of hydrogen-bond donors (Lipinski definition) is 0. The maximum Gasteiger partial charge on any atom is 0.123 e. The molecule has 0 radical (unpaired) electrons. The number of hydrogen-bond acceptors (Lipinski definition) is 0. The predicted octanol–water partition coefficient (Wildman–Crippen LogP) is 2.21. The van der Waals surface area contributed by atoms with E-state index in [-0.39, 0.29) is 0 Å². The first kappa shape index (κ1) is 7.02. The van der Waals surface area contributed by atoms with Crippen LogP contribution < -0.4 is 0 Å². The molecule has 0 heterocycles. The maximum atomic E-state index is 2.93. The first-order valence-corrected chi connectivity index (χ1v) is 3.97. The highest BCUT2D eigenvalue weighted by Crippen LogP contribution is 2.06. The van der Waals surface area contributed by atoms with Gasteiger partial charge in [-0.3, -0.25) is 0 Å². The molecule has 0 N–H and O–H groups in total. The molecule has 0 bridgehead atoms. The Hall–Kier alpha value is 1.02. The van der Waals surface area contributed by atoms with Gasteiger partial charge in [-0.05, 0) is 6.92 Å². The molecule has 0 spiro atoms. The largest absolute Gasteiger partial charge is 0.123 e. The molecular formula is C4H4I2. The summed E-state index contributed by atoms with van der Waals surface area (Å²) in [7, 11) is 0. The molecule has 0 atom stereocenters. The van der Waals surface area contributed by atoms with Crippen LogP contribution >= 0.6 is 45.2 Å². The third-order valence-electron chi connectivity index (χ3n) is 0.253. The minimum Gasteiger partial charge on any atom is -0.105 e. The lowest BCUT2D eigenvalue weighted by Gasteiger charge is -1.77. The van der Waals surface area contributed by atoms with Crippen LogP contribution in [0.3, 0.4) is 0 Å². The van der Waals surface area contributed by atoms with E-state index < -0.39 is 0 Å². The standard InChI is InChI=1S/C4H4I2/c1-2-3-4(5)6/h4H,1H3. The highest BCUT2D eigenvalue weighted by molar-refractivity contribution is 14.2. The van der Waals surface area contributed by atoms with E-state index in [0.717, 1.165) is 0 Å². The zero-order valence-electron chi connectivity index (χ0n) is 3.33. The zero-order valence-corrected chi connectivity index (χ0v) is 7.65. The fourth-order valence-electron chi connectivity index (χ4n) is 0.109. The van der Waals surface area contributed by atoms with Gasteiger partial charge in [0, 0.05) is 0 Å². The van der Waals surface area contributed by atoms with Crippen molar-refractivity contribution in [1.29, 1.82) is 0 Å². The Morgan fingerprint density at radius 1 is 1.50 bits per heavy atom. The van der Waals surface area contributed by atoms with E-state index in [1.54, 1.807) is 0 Å². The SMILES string of the molecule is CC#CC(I)I. The molecule has 0 aromatic heterocycles. The van der Waals surface area contributed by atoms with Crippen LogP contribution in [0.25, 0.3) is 0 Å². The third-order valence-corrected chi connectivity index (χ3v) is 0.876. The fraction of sp³-hybridized carbons (Fsp3) is 0.500. The van der Waals surface area contributed by atoms with Crippen molar-refractivity contribution in [2.24, 2.45) is 0 Å². The van der Waals surface area contributed by atoms with Gasteiger partial charge >= 0.3 is 0 Å². The van der Waals surface area contributed by atoms with E-state index in [4.69, 9.17) is 0 Å². The highest BCUT2D eigenvalue weighted by Gasteiger charge is 1.81. The van der Waals surface area contributed by atoms with Gasteiger partial charge < -0.3 is 0 Å². The van der Waals surface area contributed by atoms with E-state index in [1.165, 1.54) is 0 Å². The molecule has 2 heteroatoms. The van der Waals surface area contributed by atoms with Gasteiger partial charge in [-0.15, -0.1) is 5.92 Å². The van der Waals surface area contributed by atoms with Crippen molar-refractivity contribution in [2.45, 2.75) is 8.86 Å². The maximum absolute atomic E-state index is 2.93. The second-order valence-corrected chi connectivity index (χ2v) is 5.57. The topological polar surface area (TPSA) is 0 Å². The molecule has 0 aromatic carbocycles. The molecule has 0 aliphatic heterocycles. The van der Waals surface area contributed by atoms with Crippen molar-refractivity contribution in [3.8, 4) is 11.8 Å². The Morgan fingerprint density at radius 2 is 2.00 bits per heavy atom. The molecule has 0 saturated carbocycles. The van der Waals surface area contributed by atoms with Crippen LogP contribution in [0, 0.1) is 11.8 Å². The summed E-state index contributed by atoms with van der Waals surface area (Å²) < 4.78 is 0.477. The highest BCUT2D eigenvalue weighted by atomic mass is 127. The van der Waals surface area contributed by atoms with Gasteiger partial charge in [0.2, 0.25) is 0 Å². The van der Waals surface area contributed by atoms with Crippen molar-refractivity contribution in [3.05, 3.63) is 0 Å². The molecule has 0 saturated heterocycles. The minimum atomic E-state index is 0.477. The Kier molecular flexibility index (Phi) is 4.90. The Labute approximate surface area is 65.4 Å². The molecule has 0 aliphatic rings. The van der Waals surface area contributed by atoms with Crippen molar-refractivity contribution in [3.63, 3.8) is 0 Å². The summed E-state index contributed by atoms with van der Waals surface area (Å²) in [4.78, 5) is 0. The summed E-state index contributed by atoms with van der Waals surface area (Å²) in [6.45, 7) is 1.85. The zero-order chi connectivity index (χ0) is 4.99. The Bertz CT molecular complexity index is 75.3. The summed E-state index contributed by atoms with van der Waals surface area (Å²) in [6.07, 6.45) is 0. The van der Waals surface area contributed by atoms with Crippen LogP contribution in [0.5, 0.6) is 0 Å². The lowest BCUT2D eigenvalue weighted by Crippen LogP contribution is -1.69. The molecule has 0 nitrogen and oxygen atoms in total. The van der Waals surface area contributed by atoms with Gasteiger partial charge in [0.15, 0.2) is 0 Å². The molecule has 0 aliphatic carbocycles. The minimum absolute atomic E-state index is 0.477. The first-order chi connectivity index (χ1) is 2.77. The smallest absolute Gasteiger partial charge is 0.105 e. The predicted molar refractivity (Wildman–Crippen MR) is 45.3 cm³/mol. The van der Waals surface area contributed by atoms with Gasteiger partial charge in [0.25, 0.3) is 0 Å². The lowest BCUT2D eigenvalue weighted by molar-refractivity contribution is 1.85. The van der Waals surface area contributed by atoms with Crippen molar-refractivity contribution < 1.29 is 0 Å². The van der Waals surface area contributed by atoms with Gasteiger partial charge in [-0.2, -0.15) is 0 Å². The Balaban J connectivity index is 3.20. The van der Waals surface area contributed by atoms with E-state index in [0.29, 0.717) is 1.93 Å². The van der Waals surface area contributed by atoms with Crippen molar-refractivity contribution >= 4 is 45.2 Å². The quantitative estimate of drug-likeness (QED) is 0.366. The molecule has 0 fully saturated rings. The molecule has 0 aromatic rings. The normalized spacial score (nSPS) is 7.33. The summed E-state index contributed by atoms with van der Waals surface area (Å²) in [5, 5.41) is 0. The van der Waals surface area contributed by atoms with Crippen molar-refractivity contribution in [2.75, 3.05) is 0 Å². The molecule has 0 rings (SSSR count). The van der Waals surface area contributed by atoms with Gasteiger partial charge in [0.05, 0.1) is 0 Å². The Morgan fingerprint density at radius 3 is 2.00 bits per heavy atom. The van der Waals surface area contributed by atoms with Gasteiger partial charge in [-0.25, -0.2) is 0 Å². The first-order valence-electron chi connectivity index (χ1n) is 1.48.